The molecule has 0 aromatic rings. The van der Waals surface area contributed by atoms with Gasteiger partial charge in [-0.3, -0.25) is 0 Å². The van der Waals surface area contributed by atoms with E-state index < -0.39 is 5.54 Å². The van der Waals surface area contributed by atoms with Gasteiger partial charge in [0.05, 0.1) is 5.54 Å². The molecule has 9 heavy (non-hydrogen) atoms. The Morgan fingerprint density at radius 1 is 1.44 bits per heavy atom. The van der Waals surface area contributed by atoms with Crippen LogP contribution in [0.1, 0.15) is 25.7 Å². The molecule has 2 nitrogen and oxygen atoms in total. The molecule has 0 amide bonds. The van der Waals surface area contributed by atoms with E-state index in [1.807, 2.05) is 0 Å². The van der Waals surface area contributed by atoms with Gasteiger partial charge in [-0.2, -0.15) is 0 Å². The second kappa shape index (κ2) is 2.03. The number of aliphatic hydroxyl groups is 1. The first-order chi connectivity index (χ1) is 4.15. The lowest BCUT2D eigenvalue weighted by molar-refractivity contribution is 0.299. The van der Waals surface area contributed by atoms with Gasteiger partial charge in [-0.05, 0) is 12.8 Å². The first-order valence-corrected chi connectivity index (χ1v) is 3.32. The lowest BCUT2D eigenvalue weighted by Crippen LogP contribution is -2.37. The van der Waals surface area contributed by atoms with Crippen molar-refractivity contribution in [3.8, 4) is 0 Å². The predicted molar refractivity (Wildman–Crippen MR) is 37.2 cm³/mol. The Morgan fingerprint density at radius 2 is 1.89 bits per heavy atom. The van der Waals surface area contributed by atoms with Crippen molar-refractivity contribution in [1.29, 1.82) is 0 Å². The van der Waals surface area contributed by atoms with E-state index in [1.54, 1.807) is 0 Å². The monoisotopic (exact) mass is 127 g/mol. The summed E-state index contributed by atoms with van der Waals surface area (Å²) in [6, 6.07) is 0. The fourth-order valence-corrected chi connectivity index (χ4v) is 1.29. The van der Waals surface area contributed by atoms with E-state index in [-0.39, 0.29) is 5.76 Å². The minimum absolute atomic E-state index is 0.153. The van der Waals surface area contributed by atoms with Crippen molar-refractivity contribution in [3.05, 3.63) is 12.3 Å². The molecule has 1 aliphatic carbocycles. The van der Waals surface area contributed by atoms with E-state index in [0.717, 1.165) is 25.7 Å². The van der Waals surface area contributed by atoms with Crippen LogP contribution >= 0.6 is 0 Å². The molecule has 3 N–H and O–H groups in total. The standard InChI is InChI=1S/C7H13NO/c1-6(9)7(8)4-2-3-5-7/h9H,1-5,8H2. The average Bonchev–Trinajstić information content (AvgIpc) is 2.16. The molecular weight excluding hydrogens is 114 g/mol. The summed E-state index contributed by atoms with van der Waals surface area (Å²) >= 11 is 0. The van der Waals surface area contributed by atoms with Gasteiger partial charge < -0.3 is 10.8 Å². The van der Waals surface area contributed by atoms with Gasteiger partial charge in [-0.15, -0.1) is 0 Å². The minimum Gasteiger partial charge on any atom is -0.511 e. The molecule has 0 heterocycles. The fourth-order valence-electron chi connectivity index (χ4n) is 1.29. The third kappa shape index (κ3) is 1.08. The largest absolute Gasteiger partial charge is 0.511 e. The van der Waals surface area contributed by atoms with Gasteiger partial charge in [-0.1, -0.05) is 19.4 Å². The number of rotatable bonds is 1. The number of nitrogens with two attached hydrogens (primary N) is 1. The lowest BCUT2D eigenvalue weighted by atomic mass is 9.98. The van der Waals surface area contributed by atoms with Crippen LogP contribution in [0.2, 0.25) is 0 Å². The Hall–Kier alpha value is -0.500. The van der Waals surface area contributed by atoms with E-state index in [1.165, 1.54) is 0 Å². The normalized spacial score (nSPS) is 24.1. The zero-order valence-corrected chi connectivity index (χ0v) is 5.56. The van der Waals surface area contributed by atoms with Crippen molar-refractivity contribution in [2.24, 2.45) is 5.73 Å². The van der Waals surface area contributed by atoms with Crippen molar-refractivity contribution in [1.82, 2.24) is 0 Å². The first kappa shape index (κ1) is 6.62. The summed E-state index contributed by atoms with van der Waals surface area (Å²) in [5.74, 6) is 0.153. The molecule has 1 rings (SSSR count). The molecule has 0 spiro atoms. The maximum Gasteiger partial charge on any atom is 0.105 e. The van der Waals surface area contributed by atoms with Crippen LogP contribution in [0, 0.1) is 0 Å². The highest BCUT2D eigenvalue weighted by Crippen LogP contribution is 2.30. The van der Waals surface area contributed by atoms with E-state index in [4.69, 9.17) is 10.8 Å². The molecule has 0 aliphatic heterocycles. The van der Waals surface area contributed by atoms with Gasteiger partial charge in [0.25, 0.3) is 0 Å². The van der Waals surface area contributed by atoms with Crippen LogP contribution in [0.25, 0.3) is 0 Å². The second-order valence-electron chi connectivity index (χ2n) is 2.81. The summed E-state index contributed by atoms with van der Waals surface area (Å²) in [7, 11) is 0. The minimum atomic E-state index is -0.444. The summed E-state index contributed by atoms with van der Waals surface area (Å²) in [6.07, 6.45) is 4.02. The molecule has 0 atom stereocenters. The van der Waals surface area contributed by atoms with Crippen LogP contribution in [-0.2, 0) is 0 Å². The second-order valence-corrected chi connectivity index (χ2v) is 2.81. The quantitative estimate of drug-likeness (QED) is 0.522. The van der Waals surface area contributed by atoms with E-state index >= 15 is 0 Å². The highest BCUT2D eigenvalue weighted by molar-refractivity contribution is 5.09. The van der Waals surface area contributed by atoms with Crippen molar-refractivity contribution >= 4 is 0 Å². The Labute approximate surface area is 55.4 Å². The number of hydrogen-bond donors (Lipinski definition) is 2. The first-order valence-electron chi connectivity index (χ1n) is 3.32. The lowest BCUT2D eigenvalue weighted by Gasteiger charge is -2.20. The Morgan fingerprint density at radius 3 is 2.11 bits per heavy atom. The van der Waals surface area contributed by atoms with Gasteiger partial charge in [0.2, 0.25) is 0 Å². The van der Waals surface area contributed by atoms with Crippen LogP contribution in [0.3, 0.4) is 0 Å². The molecule has 2 heteroatoms. The molecular formula is C7H13NO. The molecule has 0 saturated heterocycles. The molecule has 1 saturated carbocycles. The van der Waals surface area contributed by atoms with Gasteiger partial charge >= 0.3 is 0 Å². The van der Waals surface area contributed by atoms with Crippen molar-refractivity contribution in [3.63, 3.8) is 0 Å². The van der Waals surface area contributed by atoms with Crippen molar-refractivity contribution < 1.29 is 5.11 Å². The highest BCUT2D eigenvalue weighted by atomic mass is 16.3. The van der Waals surface area contributed by atoms with Crippen LogP contribution in [0.4, 0.5) is 0 Å². The highest BCUT2D eigenvalue weighted by Gasteiger charge is 2.31. The van der Waals surface area contributed by atoms with Crippen molar-refractivity contribution in [2.45, 2.75) is 31.2 Å². The number of hydrogen-bond acceptors (Lipinski definition) is 2. The molecule has 1 fully saturated rings. The SMILES string of the molecule is C=C(O)C1(N)CCCC1. The van der Waals surface area contributed by atoms with Crippen LogP contribution in [-0.4, -0.2) is 10.6 Å². The molecule has 0 unspecified atom stereocenters. The molecule has 1 aliphatic rings. The van der Waals surface area contributed by atoms with Gasteiger partial charge in [-0.25, -0.2) is 0 Å². The summed E-state index contributed by atoms with van der Waals surface area (Å²) < 4.78 is 0. The van der Waals surface area contributed by atoms with Gasteiger partial charge in [0.1, 0.15) is 5.76 Å². The van der Waals surface area contributed by atoms with E-state index in [9.17, 15) is 0 Å². The summed E-state index contributed by atoms with van der Waals surface area (Å²) in [5.41, 5.74) is 5.31. The van der Waals surface area contributed by atoms with Gasteiger partial charge in [0, 0.05) is 0 Å². The van der Waals surface area contributed by atoms with E-state index in [0.29, 0.717) is 0 Å². The zero-order chi connectivity index (χ0) is 6.91. The predicted octanol–water partition coefficient (Wildman–Crippen LogP) is 1.33. The summed E-state index contributed by atoms with van der Waals surface area (Å²) in [5, 5.41) is 8.99. The maximum atomic E-state index is 8.99. The zero-order valence-electron chi connectivity index (χ0n) is 5.56. The summed E-state index contributed by atoms with van der Waals surface area (Å²) in [4.78, 5) is 0. The summed E-state index contributed by atoms with van der Waals surface area (Å²) in [6.45, 7) is 3.44. The number of aliphatic hydroxyl groups excluding tert-OH is 1. The third-order valence-corrected chi connectivity index (χ3v) is 2.07. The Bertz CT molecular complexity index is 125. The topological polar surface area (TPSA) is 46.2 Å². The van der Waals surface area contributed by atoms with Gasteiger partial charge in [0.15, 0.2) is 0 Å². The molecule has 0 bridgehead atoms. The van der Waals surface area contributed by atoms with Crippen LogP contribution < -0.4 is 5.73 Å². The maximum absolute atomic E-state index is 8.99. The fraction of sp³-hybridized carbons (Fsp3) is 0.714. The Balaban J connectivity index is 2.61. The van der Waals surface area contributed by atoms with Crippen LogP contribution in [0.15, 0.2) is 12.3 Å². The molecule has 0 aromatic carbocycles. The third-order valence-electron chi connectivity index (χ3n) is 2.07. The van der Waals surface area contributed by atoms with Crippen LogP contribution in [0.5, 0.6) is 0 Å². The average molecular weight is 127 g/mol. The smallest absolute Gasteiger partial charge is 0.105 e. The molecule has 0 radical (unpaired) electrons. The molecule has 0 aromatic heterocycles. The van der Waals surface area contributed by atoms with E-state index in [2.05, 4.69) is 6.58 Å². The molecule has 52 valence electrons. The Kier molecular flexibility index (Phi) is 1.49. The van der Waals surface area contributed by atoms with Crippen molar-refractivity contribution in [2.75, 3.05) is 0 Å².